The summed E-state index contributed by atoms with van der Waals surface area (Å²) in [5, 5.41) is 0.614. The fourth-order valence-corrected chi connectivity index (χ4v) is 7.43. The quantitative estimate of drug-likeness (QED) is 0.472. The molecular weight excluding hydrogens is 490 g/mol. The van der Waals surface area contributed by atoms with Gasteiger partial charge in [0.15, 0.2) is 4.80 Å². The van der Waals surface area contributed by atoms with Crippen LogP contribution in [-0.2, 0) is 16.6 Å². The Hall–Kier alpha value is -2.44. The number of sulfonamides is 1. The highest BCUT2D eigenvalue weighted by Crippen LogP contribution is 2.28. The van der Waals surface area contributed by atoms with Gasteiger partial charge < -0.3 is 4.57 Å². The average Bonchev–Trinajstić information content (AvgIpc) is 3.13. The molecule has 2 heterocycles. The third-order valence-corrected chi connectivity index (χ3v) is 9.35. The molecule has 0 aliphatic carbocycles. The van der Waals surface area contributed by atoms with Crippen LogP contribution in [0.4, 0.5) is 0 Å². The summed E-state index contributed by atoms with van der Waals surface area (Å²) in [7, 11) is -3.61. The average molecular weight is 516 g/mol. The molecule has 178 valence electrons. The van der Waals surface area contributed by atoms with E-state index in [1.165, 1.54) is 35.6 Å². The Labute approximate surface area is 208 Å². The smallest absolute Gasteiger partial charge is 0.279 e. The molecule has 0 bridgehead atoms. The van der Waals surface area contributed by atoms with E-state index in [1.54, 1.807) is 8.87 Å². The van der Waals surface area contributed by atoms with E-state index in [0.717, 1.165) is 22.2 Å². The second-order valence-electron chi connectivity index (χ2n) is 8.90. The molecule has 34 heavy (non-hydrogen) atoms. The third kappa shape index (κ3) is 4.71. The summed E-state index contributed by atoms with van der Waals surface area (Å²) in [5.41, 5.74) is 2.03. The number of aryl methyl sites for hydroxylation is 1. The first-order valence-corrected chi connectivity index (χ1v) is 13.7. The van der Waals surface area contributed by atoms with Crippen molar-refractivity contribution in [2.45, 2.75) is 38.6 Å². The van der Waals surface area contributed by atoms with E-state index < -0.39 is 15.9 Å². The Kier molecular flexibility index (Phi) is 7.02. The number of hydrogen-bond donors (Lipinski definition) is 0. The first-order valence-electron chi connectivity index (χ1n) is 11.0. The molecule has 1 fully saturated rings. The summed E-state index contributed by atoms with van der Waals surface area (Å²) in [4.78, 5) is 17.9. The predicted octanol–water partition coefficient (Wildman–Crippen LogP) is 4.71. The minimum absolute atomic E-state index is 0.180. The number of hydrogen-bond acceptors (Lipinski definition) is 4. The number of terminal acetylenes is 1. The fourth-order valence-electron chi connectivity index (χ4n) is 4.51. The Balaban J connectivity index is 1.66. The zero-order valence-corrected chi connectivity index (χ0v) is 21.7. The van der Waals surface area contributed by atoms with Gasteiger partial charge in [-0.1, -0.05) is 42.7 Å². The first kappa shape index (κ1) is 24.7. The minimum Gasteiger partial charge on any atom is -0.304 e. The van der Waals surface area contributed by atoms with E-state index in [2.05, 4.69) is 24.8 Å². The summed E-state index contributed by atoms with van der Waals surface area (Å²) in [6, 6.07) is 9.67. The zero-order valence-electron chi connectivity index (χ0n) is 19.3. The van der Waals surface area contributed by atoms with Crippen molar-refractivity contribution < 1.29 is 13.2 Å². The summed E-state index contributed by atoms with van der Waals surface area (Å²) in [6.45, 7) is 7.30. The molecule has 0 saturated carbocycles. The molecule has 1 saturated heterocycles. The molecule has 2 unspecified atom stereocenters. The molecule has 1 aliphatic rings. The van der Waals surface area contributed by atoms with Gasteiger partial charge in [-0.3, -0.25) is 4.79 Å². The Morgan fingerprint density at radius 3 is 2.44 bits per heavy atom. The summed E-state index contributed by atoms with van der Waals surface area (Å²) in [6.07, 6.45) is 6.58. The van der Waals surface area contributed by atoms with Crippen molar-refractivity contribution in [2.75, 3.05) is 13.1 Å². The van der Waals surface area contributed by atoms with Gasteiger partial charge in [-0.25, -0.2) is 8.42 Å². The zero-order chi connectivity index (χ0) is 24.6. The van der Waals surface area contributed by atoms with Gasteiger partial charge in [-0.2, -0.15) is 9.30 Å². The third-order valence-electron chi connectivity index (χ3n) is 6.05. The highest BCUT2D eigenvalue weighted by atomic mass is 35.5. The van der Waals surface area contributed by atoms with Crippen molar-refractivity contribution in [3.05, 3.63) is 57.3 Å². The van der Waals surface area contributed by atoms with Gasteiger partial charge in [0.1, 0.15) is 0 Å². The molecule has 4 rings (SSSR count). The largest absolute Gasteiger partial charge is 0.304 e. The van der Waals surface area contributed by atoms with E-state index in [9.17, 15) is 13.2 Å². The molecular formula is C25H26ClN3O3S2. The number of benzene rings is 2. The van der Waals surface area contributed by atoms with Crippen LogP contribution in [0.15, 0.2) is 46.3 Å². The van der Waals surface area contributed by atoms with Crippen molar-refractivity contribution in [2.24, 2.45) is 16.8 Å². The minimum atomic E-state index is -3.61. The molecule has 0 N–H and O–H groups in total. The Bertz CT molecular complexity index is 1450. The van der Waals surface area contributed by atoms with Gasteiger partial charge in [0, 0.05) is 23.7 Å². The van der Waals surface area contributed by atoms with Crippen LogP contribution in [0.5, 0.6) is 0 Å². The number of halogens is 1. The molecule has 9 heteroatoms. The van der Waals surface area contributed by atoms with E-state index >= 15 is 0 Å². The van der Waals surface area contributed by atoms with Crippen LogP contribution in [-0.4, -0.2) is 36.3 Å². The van der Waals surface area contributed by atoms with Crippen LogP contribution in [0.1, 0.15) is 36.2 Å². The lowest BCUT2D eigenvalue weighted by molar-refractivity contribution is 0.0998. The molecule has 6 nitrogen and oxygen atoms in total. The highest BCUT2D eigenvalue weighted by Gasteiger charge is 2.31. The number of rotatable bonds is 4. The molecule has 1 amide bonds. The van der Waals surface area contributed by atoms with E-state index in [1.807, 2.05) is 19.1 Å². The van der Waals surface area contributed by atoms with Crippen LogP contribution >= 0.6 is 22.9 Å². The SMILES string of the molecule is C#CCn1c(=NC(=O)c2ccc(S(=O)(=O)N3CC(C)CC(C)C3)cc2)sc2ccc(Cl)c(C)c21. The summed E-state index contributed by atoms with van der Waals surface area (Å²) in [5.74, 6) is 2.77. The lowest BCUT2D eigenvalue weighted by Crippen LogP contribution is -2.42. The van der Waals surface area contributed by atoms with E-state index in [4.69, 9.17) is 18.0 Å². The van der Waals surface area contributed by atoms with Gasteiger partial charge in [-0.05, 0) is 67.1 Å². The molecule has 0 spiro atoms. The normalized spacial score (nSPS) is 19.9. The standard InChI is InChI=1S/C25H26ClN3O3S2/c1-5-12-29-23-18(4)21(26)10-11-22(23)33-25(29)27-24(30)19-6-8-20(9-7-19)34(31,32)28-14-16(2)13-17(3)15-28/h1,6-11,16-17H,12-15H2,2-4H3. The van der Waals surface area contributed by atoms with E-state index in [-0.39, 0.29) is 11.4 Å². The molecule has 2 atom stereocenters. The Morgan fingerprint density at radius 1 is 1.18 bits per heavy atom. The van der Waals surface area contributed by atoms with Gasteiger partial charge in [0.25, 0.3) is 5.91 Å². The van der Waals surface area contributed by atoms with Crippen molar-refractivity contribution in [3.8, 4) is 12.3 Å². The predicted molar refractivity (Wildman–Crippen MR) is 136 cm³/mol. The second-order valence-corrected chi connectivity index (χ2v) is 12.3. The maximum Gasteiger partial charge on any atom is 0.279 e. The lowest BCUT2D eigenvalue weighted by atomic mass is 9.94. The molecule has 1 aromatic heterocycles. The monoisotopic (exact) mass is 515 g/mol. The maximum absolute atomic E-state index is 13.1. The molecule has 1 aliphatic heterocycles. The van der Waals surface area contributed by atoms with E-state index in [0.29, 0.717) is 40.3 Å². The maximum atomic E-state index is 13.1. The number of nitrogens with zero attached hydrogens (tertiary/aromatic N) is 3. The number of carbonyl (C=O) groups excluding carboxylic acids is 1. The second kappa shape index (κ2) is 9.67. The van der Waals surface area contributed by atoms with Gasteiger partial charge >= 0.3 is 0 Å². The van der Waals surface area contributed by atoms with Gasteiger partial charge in [0.05, 0.1) is 21.7 Å². The summed E-state index contributed by atoms with van der Waals surface area (Å²) >= 11 is 7.64. The topological polar surface area (TPSA) is 71.7 Å². The van der Waals surface area contributed by atoms with Gasteiger partial charge in [0.2, 0.25) is 10.0 Å². The molecule has 3 aromatic rings. The van der Waals surface area contributed by atoms with Crippen molar-refractivity contribution >= 4 is 49.1 Å². The number of amides is 1. The lowest BCUT2D eigenvalue weighted by Gasteiger charge is -2.34. The molecule has 2 aromatic carbocycles. The van der Waals surface area contributed by atoms with Crippen LogP contribution < -0.4 is 4.80 Å². The number of piperidine rings is 1. The molecule has 0 radical (unpaired) electrons. The van der Waals surface area contributed by atoms with Crippen molar-refractivity contribution in [3.63, 3.8) is 0 Å². The number of aromatic nitrogens is 1. The summed E-state index contributed by atoms with van der Waals surface area (Å²) < 4.78 is 30.5. The number of fused-ring (bicyclic) bond motifs is 1. The van der Waals surface area contributed by atoms with Crippen LogP contribution in [0.3, 0.4) is 0 Å². The highest BCUT2D eigenvalue weighted by molar-refractivity contribution is 7.89. The Morgan fingerprint density at radius 2 is 1.82 bits per heavy atom. The first-order chi connectivity index (χ1) is 16.1. The van der Waals surface area contributed by atoms with Crippen LogP contribution in [0.2, 0.25) is 5.02 Å². The number of carbonyl (C=O) groups is 1. The number of thiazole rings is 1. The fraction of sp³-hybridized carbons (Fsp3) is 0.360. The van der Waals surface area contributed by atoms with Crippen LogP contribution in [0, 0.1) is 31.1 Å². The van der Waals surface area contributed by atoms with Crippen molar-refractivity contribution in [1.82, 2.24) is 8.87 Å². The van der Waals surface area contributed by atoms with Crippen LogP contribution in [0.25, 0.3) is 10.2 Å². The van der Waals surface area contributed by atoms with Crippen molar-refractivity contribution in [1.29, 1.82) is 0 Å². The van der Waals surface area contributed by atoms with Gasteiger partial charge in [-0.15, -0.1) is 6.42 Å².